The smallest absolute Gasteiger partial charge is 0.340 e. The van der Waals surface area contributed by atoms with Crippen LogP contribution in [0.25, 0.3) is 11.1 Å². The van der Waals surface area contributed by atoms with E-state index in [-0.39, 0.29) is 18.6 Å². The molecule has 8 heteroatoms. The zero-order valence-electron chi connectivity index (χ0n) is 21.4. The number of amides is 2. The lowest BCUT2D eigenvalue weighted by molar-refractivity contribution is -0.116. The minimum absolute atomic E-state index is 0.0990. The van der Waals surface area contributed by atoms with Crippen LogP contribution in [0.2, 0.25) is 0 Å². The van der Waals surface area contributed by atoms with Crippen LogP contribution in [0.4, 0.5) is 10.5 Å². The molecule has 1 atom stereocenters. The van der Waals surface area contributed by atoms with Crippen LogP contribution in [0.1, 0.15) is 33.9 Å². The summed E-state index contributed by atoms with van der Waals surface area (Å²) in [5, 5.41) is 5.40. The fourth-order valence-electron chi connectivity index (χ4n) is 4.07. The summed E-state index contributed by atoms with van der Waals surface area (Å²) in [5.74, 6) is -0.956. The molecular weight excluding hydrogens is 491 g/mol. The van der Waals surface area contributed by atoms with Gasteiger partial charge in [-0.3, -0.25) is 9.59 Å². The molecule has 0 aliphatic carbocycles. The van der Waals surface area contributed by atoms with E-state index in [1.165, 1.54) is 0 Å². The minimum atomic E-state index is -0.753. The Labute approximate surface area is 228 Å². The van der Waals surface area contributed by atoms with Crippen molar-refractivity contribution in [3.8, 4) is 16.9 Å². The van der Waals surface area contributed by atoms with E-state index in [1.807, 2.05) is 78.9 Å². The number of para-hydroxylation sites is 1. The minimum Gasteiger partial charge on any atom is -0.497 e. The Bertz CT molecular complexity index is 1420. The maximum Gasteiger partial charge on any atom is 0.340 e. The van der Waals surface area contributed by atoms with Gasteiger partial charge in [0.05, 0.1) is 30.8 Å². The van der Waals surface area contributed by atoms with Gasteiger partial charge in [-0.1, -0.05) is 78.9 Å². The van der Waals surface area contributed by atoms with Crippen LogP contribution in [0.15, 0.2) is 103 Å². The van der Waals surface area contributed by atoms with Crippen molar-refractivity contribution in [2.24, 2.45) is 0 Å². The summed E-state index contributed by atoms with van der Waals surface area (Å²) in [6.07, 6.45) is -0.0990. The Hall–Kier alpha value is -4.85. The van der Waals surface area contributed by atoms with E-state index in [0.717, 1.165) is 22.4 Å². The highest BCUT2D eigenvalue weighted by molar-refractivity contribution is 6.57. The Morgan fingerprint density at radius 1 is 0.795 bits per heavy atom. The molecule has 0 aliphatic rings. The lowest BCUT2D eigenvalue weighted by Crippen LogP contribution is -2.30. The van der Waals surface area contributed by atoms with Gasteiger partial charge in [-0.25, -0.2) is 4.79 Å². The van der Waals surface area contributed by atoms with Gasteiger partial charge in [-0.2, -0.15) is 0 Å². The standard InChI is InChI=1S/C31H27BN2O5/c1-38-25-17-15-23(16-18-25)22-11-13-24(14-12-22)28(34-31(32)37)19-29(35)33-27-10-6-5-9-26(27)30(36)39-20-21-7-3-2-4-8-21/h2-18,28H,19-20H2,1H3,(H,33,35)(H,34,37). The van der Waals surface area contributed by atoms with Gasteiger partial charge in [0.1, 0.15) is 12.4 Å². The van der Waals surface area contributed by atoms with E-state index < -0.39 is 23.7 Å². The van der Waals surface area contributed by atoms with Crippen molar-refractivity contribution in [1.82, 2.24) is 5.32 Å². The fourth-order valence-corrected chi connectivity index (χ4v) is 4.07. The zero-order chi connectivity index (χ0) is 27.6. The number of rotatable bonds is 10. The van der Waals surface area contributed by atoms with Crippen molar-refractivity contribution in [1.29, 1.82) is 0 Å². The molecule has 2 radical (unpaired) electrons. The molecule has 0 aliphatic heterocycles. The quantitative estimate of drug-likeness (QED) is 0.209. The normalized spacial score (nSPS) is 11.2. The molecule has 0 saturated heterocycles. The third-order valence-corrected chi connectivity index (χ3v) is 6.08. The molecular formula is C31H27BN2O5. The summed E-state index contributed by atoms with van der Waals surface area (Å²) >= 11 is 0. The Morgan fingerprint density at radius 3 is 2.05 bits per heavy atom. The van der Waals surface area contributed by atoms with Gasteiger partial charge in [0.2, 0.25) is 13.8 Å². The van der Waals surface area contributed by atoms with Crippen LogP contribution in [0, 0.1) is 0 Å². The SMILES string of the molecule is [B]C(=O)NC(CC(=O)Nc1ccccc1C(=O)OCc1ccccc1)c1ccc(-c2ccc(OC)cc2)cc1. The molecule has 0 heterocycles. The van der Waals surface area contributed by atoms with Gasteiger partial charge in [0.15, 0.2) is 5.81 Å². The van der Waals surface area contributed by atoms with Gasteiger partial charge in [0.25, 0.3) is 0 Å². The summed E-state index contributed by atoms with van der Waals surface area (Å²) < 4.78 is 10.6. The number of carbonyl (C=O) groups is 3. The average molecular weight is 518 g/mol. The number of benzene rings is 4. The van der Waals surface area contributed by atoms with E-state index in [0.29, 0.717) is 11.3 Å². The molecule has 39 heavy (non-hydrogen) atoms. The first-order valence-electron chi connectivity index (χ1n) is 12.3. The summed E-state index contributed by atoms with van der Waals surface area (Å²) in [6, 6.07) is 30.4. The number of hydrogen-bond acceptors (Lipinski definition) is 5. The molecule has 194 valence electrons. The second kappa shape index (κ2) is 13.1. The number of methoxy groups -OCH3 is 1. The monoisotopic (exact) mass is 518 g/mol. The lowest BCUT2D eigenvalue weighted by atomic mass is 9.97. The van der Waals surface area contributed by atoms with Gasteiger partial charge >= 0.3 is 5.97 Å². The third-order valence-electron chi connectivity index (χ3n) is 6.08. The number of hydrogen-bond donors (Lipinski definition) is 2. The zero-order valence-corrected chi connectivity index (χ0v) is 21.4. The topological polar surface area (TPSA) is 93.7 Å². The fraction of sp³-hybridized carbons (Fsp3) is 0.129. The Balaban J connectivity index is 1.44. The highest BCUT2D eigenvalue weighted by atomic mass is 16.5. The Morgan fingerprint density at radius 2 is 1.41 bits per heavy atom. The van der Waals surface area contributed by atoms with Crippen molar-refractivity contribution < 1.29 is 23.9 Å². The molecule has 0 aromatic heterocycles. The molecule has 0 saturated carbocycles. The first kappa shape index (κ1) is 27.2. The molecule has 2 N–H and O–H groups in total. The van der Waals surface area contributed by atoms with Crippen LogP contribution in [-0.2, 0) is 16.1 Å². The van der Waals surface area contributed by atoms with E-state index in [9.17, 15) is 14.4 Å². The van der Waals surface area contributed by atoms with Crippen LogP contribution in [0.5, 0.6) is 5.75 Å². The van der Waals surface area contributed by atoms with E-state index in [1.54, 1.807) is 31.4 Å². The van der Waals surface area contributed by atoms with Crippen molar-refractivity contribution in [3.63, 3.8) is 0 Å². The summed E-state index contributed by atoms with van der Waals surface area (Å²) in [4.78, 5) is 37.5. The molecule has 0 bridgehead atoms. The first-order valence-corrected chi connectivity index (χ1v) is 12.3. The van der Waals surface area contributed by atoms with Crippen molar-refractivity contribution in [2.45, 2.75) is 19.1 Å². The molecule has 4 aromatic rings. The summed E-state index contributed by atoms with van der Waals surface area (Å²) in [5.41, 5.74) is 4.06. The van der Waals surface area contributed by atoms with Gasteiger partial charge in [-0.15, -0.1) is 0 Å². The number of nitrogens with one attached hydrogen (secondary N) is 2. The van der Waals surface area contributed by atoms with Crippen LogP contribution >= 0.6 is 0 Å². The predicted molar refractivity (Wildman–Crippen MR) is 151 cm³/mol. The van der Waals surface area contributed by atoms with E-state index >= 15 is 0 Å². The summed E-state index contributed by atoms with van der Waals surface area (Å²) in [7, 11) is 7.01. The highest BCUT2D eigenvalue weighted by Crippen LogP contribution is 2.26. The molecule has 4 rings (SSSR count). The van der Waals surface area contributed by atoms with Gasteiger partial charge in [0, 0.05) is 0 Å². The largest absolute Gasteiger partial charge is 0.497 e. The number of esters is 1. The van der Waals surface area contributed by atoms with Gasteiger partial charge < -0.3 is 20.1 Å². The molecule has 1 unspecified atom stereocenters. The first-order chi connectivity index (χ1) is 18.9. The number of carbonyl (C=O) groups excluding carboxylic acids is 3. The lowest BCUT2D eigenvalue weighted by Gasteiger charge is -2.19. The third kappa shape index (κ3) is 7.58. The molecule has 2 amide bonds. The molecule has 7 nitrogen and oxygen atoms in total. The van der Waals surface area contributed by atoms with E-state index in [4.69, 9.17) is 17.3 Å². The molecule has 4 aromatic carbocycles. The van der Waals surface area contributed by atoms with Gasteiger partial charge in [-0.05, 0) is 46.5 Å². The van der Waals surface area contributed by atoms with E-state index in [2.05, 4.69) is 10.6 Å². The average Bonchev–Trinajstić information content (AvgIpc) is 2.96. The number of anilines is 1. The summed E-state index contributed by atoms with van der Waals surface area (Å²) in [6.45, 7) is 0.110. The van der Waals surface area contributed by atoms with Crippen molar-refractivity contribution >= 4 is 31.2 Å². The second-order valence-corrected chi connectivity index (χ2v) is 8.77. The van der Waals surface area contributed by atoms with Crippen LogP contribution in [-0.4, -0.2) is 32.6 Å². The van der Waals surface area contributed by atoms with Crippen molar-refractivity contribution in [2.75, 3.05) is 12.4 Å². The van der Waals surface area contributed by atoms with Crippen molar-refractivity contribution in [3.05, 3.63) is 120 Å². The van der Waals surface area contributed by atoms with Crippen LogP contribution < -0.4 is 15.4 Å². The molecule has 0 spiro atoms. The van der Waals surface area contributed by atoms with Crippen LogP contribution in [0.3, 0.4) is 0 Å². The second-order valence-electron chi connectivity index (χ2n) is 8.77. The maximum absolute atomic E-state index is 13.0. The molecule has 0 fully saturated rings. The maximum atomic E-state index is 13.0. The Kier molecular flexibility index (Phi) is 9.14. The highest BCUT2D eigenvalue weighted by Gasteiger charge is 2.20. The number of ether oxygens (including phenoxy) is 2. The predicted octanol–water partition coefficient (Wildman–Crippen LogP) is 5.67.